The fourth-order valence-corrected chi connectivity index (χ4v) is 4.00. The largest absolute Gasteiger partial charge is 0.497 e. The summed E-state index contributed by atoms with van der Waals surface area (Å²) in [6, 6.07) is 24.2. The minimum absolute atomic E-state index is 0.00117. The Hall–Kier alpha value is -3.57. The molecule has 0 aliphatic rings. The number of para-hydroxylation sites is 1. The quantitative estimate of drug-likeness (QED) is 0.393. The summed E-state index contributed by atoms with van der Waals surface area (Å²) >= 11 is 0. The minimum atomic E-state index is -0.220. The summed E-state index contributed by atoms with van der Waals surface area (Å²) < 4.78 is 5.34. The number of aryl methyl sites for hydroxylation is 1. The van der Waals surface area contributed by atoms with Crippen LogP contribution in [0, 0.1) is 6.92 Å². The fraction of sp³-hybridized carbons (Fsp3) is 0.222. The predicted molar refractivity (Wildman–Crippen MR) is 129 cm³/mol. The lowest BCUT2D eigenvalue weighted by atomic mass is 9.90. The Kier molecular flexibility index (Phi) is 6.57. The molecule has 0 saturated heterocycles. The van der Waals surface area contributed by atoms with Crippen LogP contribution in [0.5, 0.6) is 5.75 Å². The number of ether oxygens (including phenoxy) is 1. The first-order chi connectivity index (χ1) is 15.5. The van der Waals surface area contributed by atoms with Crippen molar-refractivity contribution in [2.45, 2.75) is 25.8 Å². The molecule has 5 nitrogen and oxygen atoms in total. The van der Waals surface area contributed by atoms with Crippen LogP contribution in [0.4, 0.5) is 5.69 Å². The van der Waals surface area contributed by atoms with Gasteiger partial charge in [0.05, 0.1) is 19.6 Å². The molecule has 1 heterocycles. The van der Waals surface area contributed by atoms with Crippen molar-refractivity contribution in [3.05, 3.63) is 95.7 Å². The molecule has 3 aromatic carbocycles. The smallest absolute Gasteiger partial charge is 0.282 e. The minimum Gasteiger partial charge on any atom is -0.497 e. The first kappa shape index (κ1) is 21.7. The Balaban J connectivity index is 1.53. The third kappa shape index (κ3) is 4.84. The molecule has 4 N–H and O–H groups in total. The van der Waals surface area contributed by atoms with Gasteiger partial charge in [-0.2, -0.15) is 0 Å². The second-order valence-corrected chi connectivity index (χ2v) is 8.23. The zero-order valence-electron chi connectivity index (χ0n) is 18.8. The Morgan fingerprint density at radius 3 is 2.47 bits per heavy atom. The number of anilines is 1. The van der Waals surface area contributed by atoms with Crippen molar-refractivity contribution in [1.29, 1.82) is 0 Å². The van der Waals surface area contributed by atoms with Gasteiger partial charge >= 0.3 is 0 Å². The number of hydrogen-bond donors (Lipinski definition) is 3. The summed E-state index contributed by atoms with van der Waals surface area (Å²) in [6.07, 6.45) is 2.09. The van der Waals surface area contributed by atoms with E-state index in [4.69, 9.17) is 4.74 Å². The van der Waals surface area contributed by atoms with Crippen LogP contribution in [-0.4, -0.2) is 30.6 Å². The molecular formula is C27H30N3O2+. The molecule has 0 fully saturated rings. The lowest BCUT2D eigenvalue weighted by Crippen LogP contribution is -2.92. The number of carbonyl (C=O) groups excluding carboxylic acids is 1. The number of methoxy groups -OCH3 is 1. The van der Waals surface area contributed by atoms with E-state index in [0.717, 1.165) is 23.5 Å². The van der Waals surface area contributed by atoms with Crippen molar-refractivity contribution in [3.63, 3.8) is 0 Å². The number of rotatable bonds is 8. The van der Waals surface area contributed by atoms with E-state index in [-0.39, 0.29) is 17.9 Å². The number of aromatic amines is 1. The van der Waals surface area contributed by atoms with Gasteiger partial charge in [0.25, 0.3) is 5.91 Å². The molecule has 1 aromatic heterocycles. The van der Waals surface area contributed by atoms with Crippen LogP contribution >= 0.6 is 0 Å². The number of amides is 1. The van der Waals surface area contributed by atoms with Crippen molar-refractivity contribution in [2.75, 3.05) is 19.0 Å². The van der Waals surface area contributed by atoms with Crippen LogP contribution in [0.15, 0.2) is 79.0 Å². The highest BCUT2D eigenvalue weighted by atomic mass is 16.5. The van der Waals surface area contributed by atoms with Crippen LogP contribution in [0.2, 0.25) is 0 Å². The molecule has 4 aromatic rings. The summed E-state index contributed by atoms with van der Waals surface area (Å²) in [5, 5.41) is 6.34. The third-order valence-corrected chi connectivity index (χ3v) is 5.97. The maximum absolute atomic E-state index is 12.8. The number of nitrogens with one attached hydrogen (secondary N) is 2. The molecule has 0 spiro atoms. The maximum atomic E-state index is 12.8. The standard InChI is InChI=1S/C27H29N3O2/c1-18-8-12-21(13-9-18)30-27(31)19(2)28-16-24(20-10-14-22(32-3)15-11-20)25-17-29-26-7-5-4-6-23(25)26/h4-15,17,19,24,28-29H,16H2,1-3H3,(H,30,31)/p+1/t19-,24-/m0/s1. The van der Waals surface area contributed by atoms with Crippen LogP contribution in [-0.2, 0) is 4.79 Å². The number of aromatic nitrogens is 1. The highest BCUT2D eigenvalue weighted by Gasteiger charge is 2.23. The highest BCUT2D eigenvalue weighted by Crippen LogP contribution is 2.30. The van der Waals surface area contributed by atoms with Crippen molar-refractivity contribution in [2.24, 2.45) is 0 Å². The molecule has 1 amide bonds. The molecule has 0 radical (unpaired) electrons. The van der Waals surface area contributed by atoms with Gasteiger partial charge in [0.2, 0.25) is 0 Å². The Morgan fingerprint density at radius 1 is 1.03 bits per heavy atom. The zero-order chi connectivity index (χ0) is 22.5. The van der Waals surface area contributed by atoms with Crippen LogP contribution < -0.4 is 15.4 Å². The van der Waals surface area contributed by atoms with Crippen LogP contribution in [0.1, 0.15) is 29.5 Å². The Labute approximate surface area is 188 Å². The summed E-state index contributed by atoms with van der Waals surface area (Å²) in [7, 11) is 1.67. The number of carbonyl (C=O) groups is 1. The summed E-state index contributed by atoms with van der Waals surface area (Å²) in [6.45, 7) is 4.73. The molecule has 0 saturated carbocycles. The van der Waals surface area contributed by atoms with E-state index in [1.54, 1.807) is 7.11 Å². The second kappa shape index (κ2) is 9.71. The van der Waals surface area contributed by atoms with E-state index in [2.05, 4.69) is 52.1 Å². The number of hydrogen-bond acceptors (Lipinski definition) is 2. The third-order valence-electron chi connectivity index (χ3n) is 5.97. The van der Waals surface area contributed by atoms with Gasteiger partial charge < -0.3 is 20.4 Å². The molecular weight excluding hydrogens is 398 g/mol. The molecule has 2 atom stereocenters. The normalized spacial score (nSPS) is 13.0. The van der Waals surface area contributed by atoms with E-state index >= 15 is 0 Å². The molecule has 4 rings (SSSR count). The molecule has 0 aliphatic heterocycles. The summed E-state index contributed by atoms with van der Waals surface area (Å²) in [5.74, 6) is 0.967. The predicted octanol–water partition coefficient (Wildman–Crippen LogP) is 4.21. The van der Waals surface area contributed by atoms with E-state index in [9.17, 15) is 4.79 Å². The fourth-order valence-electron chi connectivity index (χ4n) is 4.00. The number of quaternary nitrogens is 1. The Bertz CT molecular complexity index is 1180. The molecule has 5 heteroatoms. The van der Waals surface area contributed by atoms with Gasteiger partial charge in [0.15, 0.2) is 6.04 Å². The number of benzene rings is 3. The molecule has 164 valence electrons. The molecule has 0 aliphatic carbocycles. The van der Waals surface area contributed by atoms with Crippen molar-refractivity contribution in [3.8, 4) is 5.75 Å². The van der Waals surface area contributed by atoms with E-state index < -0.39 is 0 Å². The number of nitrogens with two attached hydrogens (primary N) is 1. The average molecular weight is 429 g/mol. The van der Waals surface area contributed by atoms with Gasteiger partial charge in [-0.1, -0.05) is 48.0 Å². The van der Waals surface area contributed by atoms with Gasteiger partial charge in [0, 0.05) is 22.8 Å². The van der Waals surface area contributed by atoms with Gasteiger partial charge in [-0.25, -0.2) is 0 Å². The van der Waals surface area contributed by atoms with Gasteiger partial charge in [-0.3, -0.25) is 4.79 Å². The second-order valence-electron chi connectivity index (χ2n) is 8.23. The van der Waals surface area contributed by atoms with Gasteiger partial charge in [0.1, 0.15) is 5.75 Å². The van der Waals surface area contributed by atoms with Crippen molar-refractivity contribution >= 4 is 22.5 Å². The van der Waals surface area contributed by atoms with Gasteiger partial charge in [-0.05, 0) is 55.3 Å². The van der Waals surface area contributed by atoms with E-state index in [0.29, 0.717) is 0 Å². The maximum Gasteiger partial charge on any atom is 0.282 e. The molecule has 0 unspecified atom stereocenters. The van der Waals surface area contributed by atoms with Crippen molar-refractivity contribution in [1.82, 2.24) is 4.98 Å². The SMILES string of the molecule is COc1ccc([C@H](C[NH2+][C@@H](C)C(=O)Nc2ccc(C)cc2)c2c[nH]c3ccccc23)cc1. The zero-order valence-corrected chi connectivity index (χ0v) is 18.8. The molecule has 32 heavy (non-hydrogen) atoms. The van der Waals surface area contributed by atoms with E-state index in [1.807, 2.05) is 56.3 Å². The van der Waals surface area contributed by atoms with Crippen LogP contribution in [0.25, 0.3) is 10.9 Å². The number of fused-ring (bicyclic) bond motifs is 1. The lowest BCUT2D eigenvalue weighted by molar-refractivity contribution is -0.674. The first-order valence-electron chi connectivity index (χ1n) is 11.0. The lowest BCUT2D eigenvalue weighted by Gasteiger charge is -2.19. The molecule has 0 bridgehead atoms. The van der Waals surface area contributed by atoms with Crippen molar-refractivity contribution < 1.29 is 14.8 Å². The number of H-pyrrole nitrogens is 1. The summed E-state index contributed by atoms with van der Waals surface area (Å²) in [5.41, 5.74) is 5.53. The topological polar surface area (TPSA) is 70.7 Å². The monoisotopic (exact) mass is 428 g/mol. The average Bonchev–Trinajstić information content (AvgIpc) is 3.25. The van der Waals surface area contributed by atoms with Gasteiger partial charge in [-0.15, -0.1) is 0 Å². The van der Waals surface area contributed by atoms with E-state index in [1.165, 1.54) is 22.1 Å². The Morgan fingerprint density at radius 2 is 1.75 bits per heavy atom. The first-order valence-corrected chi connectivity index (χ1v) is 11.0. The highest BCUT2D eigenvalue weighted by molar-refractivity contribution is 5.93. The summed E-state index contributed by atoms with van der Waals surface area (Å²) in [4.78, 5) is 16.2. The van der Waals surface area contributed by atoms with Crippen LogP contribution in [0.3, 0.4) is 0 Å².